The van der Waals surface area contributed by atoms with Gasteiger partial charge in [-0.3, -0.25) is 23.5 Å². The molecule has 0 saturated carbocycles. The van der Waals surface area contributed by atoms with Crippen LogP contribution in [0.15, 0.2) is 58.3 Å². The lowest BCUT2D eigenvalue weighted by Crippen LogP contribution is -2.27. The van der Waals surface area contributed by atoms with Gasteiger partial charge in [0, 0.05) is 5.69 Å². The van der Waals surface area contributed by atoms with Gasteiger partial charge in [0.2, 0.25) is 0 Å². The zero-order valence-electron chi connectivity index (χ0n) is 15.0. The lowest BCUT2D eigenvalue weighted by molar-refractivity contribution is 0.0636. The maximum absolute atomic E-state index is 11.8. The molecular weight excluding hydrogens is 392 g/mol. The van der Waals surface area contributed by atoms with E-state index >= 15 is 0 Å². The number of rotatable bonds is 2. The number of hydrogen-bond donors (Lipinski definition) is 5. The van der Waals surface area contributed by atoms with E-state index in [4.69, 9.17) is 4.74 Å². The van der Waals surface area contributed by atoms with Crippen molar-refractivity contribution in [2.24, 2.45) is 0 Å². The molecule has 0 aliphatic carbocycles. The van der Waals surface area contributed by atoms with Crippen LogP contribution in [0.25, 0.3) is 0 Å². The maximum Gasteiger partial charge on any atom is 0.412 e. The Morgan fingerprint density at radius 3 is 1.85 bits per heavy atom. The van der Waals surface area contributed by atoms with Gasteiger partial charge in [-0.2, -0.15) is 3.71 Å². The number of fused-ring (bicyclic) bond motifs is 1. The molecule has 0 saturated heterocycles. The number of nitrogens with one attached hydrogen (secondary N) is 1. The van der Waals surface area contributed by atoms with Crippen LogP contribution >= 0.6 is 21.6 Å². The highest BCUT2D eigenvalue weighted by molar-refractivity contribution is 8.44. The Morgan fingerprint density at radius 2 is 1.41 bits per heavy atom. The fourth-order valence-corrected chi connectivity index (χ4v) is 7.31. The molecule has 3 rings (SSSR count). The van der Waals surface area contributed by atoms with Crippen LogP contribution in [0.5, 0.6) is 0 Å². The van der Waals surface area contributed by atoms with Crippen molar-refractivity contribution in [3.63, 3.8) is 0 Å². The van der Waals surface area contributed by atoms with E-state index in [0.29, 0.717) is 5.69 Å². The molecule has 2 aromatic carbocycles. The summed E-state index contributed by atoms with van der Waals surface area (Å²) in [4.78, 5) is 12.0. The summed E-state index contributed by atoms with van der Waals surface area (Å²) in [7, 11) is -7.22. The zero-order chi connectivity index (χ0) is 20.0. The van der Waals surface area contributed by atoms with Crippen LogP contribution in [0.1, 0.15) is 20.8 Å². The van der Waals surface area contributed by atoms with Crippen LogP contribution < -0.4 is 9.03 Å². The molecule has 148 valence electrons. The molecule has 0 atom stereocenters. The Balaban J connectivity index is 1.86. The second kappa shape index (κ2) is 6.59. The van der Waals surface area contributed by atoms with Crippen molar-refractivity contribution in [2.45, 2.75) is 36.2 Å². The minimum absolute atomic E-state index is 0.0842. The van der Waals surface area contributed by atoms with Gasteiger partial charge >= 0.3 is 6.09 Å². The topological polar surface area (TPSA) is 122 Å². The molecule has 5 N–H and O–H groups in total. The van der Waals surface area contributed by atoms with Crippen LogP contribution in [0.2, 0.25) is 0 Å². The summed E-state index contributed by atoms with van der Waals surface area (Å²) in [5.41, 5.74) is -0.0302. The fraction of sp³-hybridized carbons (Fsp3) is 0.235. The van der Waals surface area contributed by atoms with Crippen LogP contribution in [-0.2, 0) is 4.74 Å². The molecule has 0 fully saturated rings. The van der Waals surface area contributed by atoms with Gasteiger partial charge in [-0.25, -0.2) is 4.79 Å². The quantitative estimate of drug-likeness (QED) is 0.433. The van der Waals surface area contributed by atoms with Crippen LogP contribution in [0.4, 0.5) is 16.2 Å². The van der Waals surface area contributed by atoms with Gasteiger partial charge in [-0.05, 0) is 57.2 Å². The third-order valence-electron chi connectivity index (χ3n) is 3.63. The Morgan fingerprint density at radius 1 is 0.926 bits per heavy atom. The van der Waals surface area contributed by atoms with E-state index in [0.717, 1.165) is 3.71 Å². The molecule has 1 aliphatic rings. The Hall–Kier alpha value is -1.95. The van der Waals surface area contributed by atoms with Crippen molar-refractivity contribution in [2.75, 3.05) is 9.03 Å². The normalized spacial score (nSPS) is 19.7. The number of amides is 1. The Labute approximate surface area is 160 Å². The van der Waals surface area contributed by atoms with Gasteiger partial charge in [0.1, 0.15) is 15.4 Å². The average Bonchev–Trinajstić information content (AvgIpc) is 2.70. The van der Waals surface area contributed by atoms with E-state index in [9.17, 15) is 23.0 Å². The molecule has 2 aromatic rings. The Kier molecular flexibility index (Phi) is 4.83. The van der Waals surface area contributed by atoms with Crippen molar-refractivity contribution in [3.8, 4) is 0 Å². The molecule has 0 bridgehead atoms. The minimum Gasteiger partial charge on any atom is -0.444 e. The lowest BCUT2D eigenvalue weighted by atomic mass is 10.2. The van der Waals surface area contributed by atoms with Gasteiger partial charge in [0.05, 0.1) is 5.69 Å². The van der Waals surface area contributed by atoms with Crippen molar-refractivity contribution in [3.05, 3.63) is 48.5 Å². The SMILES string of the molecule is CC(C)(C)OC(=O)Nc1ccc(N2S(O)(O)c3ccccc3S2(O)O)cc1. The van der Waals surface area contributed by atoms with Crippen molar-refractivity contribution >= 4 is 39.0 Å². The number of carbonyl (C=O) groups is 1. The van der Waals surface area contributed by atoms with E-state index in [1.807, 2.05) is 0 Å². The largest absolute Gasteiger partial charge is 0.444 e. The summed E-state index contributed by atoms with van der Waals surface area (Å²) in [6.45, 7) is 5.24. The van der Waals surface area contributed by atoms with Crippen molar-refractivity contribution in [1.29, 1.82) is 0 Å². The molecule has 1 aliphatic heterocycles. The maximum atomic E-state index is 11.8. The second-order valence-electron chi connectivity index (χ2n) is 6.92. The highest BCUT2D eigenvalue weighted by atomic mass is 32.4. The molecule has 8 nitrogen and oxygen atoms in total. The number of carbonyl (C=O) groups excluding carboxylic acids is 1. The van der Waals surface area contributed by atoms with Gasteiger partial charge in [-0.15, -0.1) is 0 Å². The number of nitrogens with zero attached hydrogens (tertiary/aromatic N) is 1. The van der Waals surface area contributed by atoms with Gasteiger partial charge in [0.15, 0.2) is 0 Å². The number of ether oxygens (including phenoxy) is 1. The first-order valence-corrected chi connectivity index (χ1v) is 11.0. The van der Waals surface area contributed by atoms with Crippen molar-refractivity contribution in [1.82, 2.24) is 0 Å². The molecule has 0 unspecified atom stereocenters. The number of hydrogen-bond acceptors (Lipinski definition) is 7. The first-order valence-electron chi connectivity index (χ1n) is 7.99. The summed E-state index contributed by atoms with van der Waals surface area (Å²) in [5, 5.41) is 2.56. The van der Waals surface area contributed by atoms with Gasteiger partial charge < -0.3 is 4.74 Å². The smallest absolute Gasteiger partial charge is 0.412 e. The van der Waals surface area contributed by atoms with Crippen LogP contribution in [0, 0.1) is 0 Å². The third-order valence-corrected chi connectivity index (χ3v) is 8.24. The van der Waals surface area contributed by atoms with E-state index in [-0.39, 0.29) is 15.5 Å². The molecule has 0 radical (unpaired) electrons. The standard InChI is InChI=1S/C17H22N2O6S2/c1-17(2,3)25-16(20)18-12-8-10-13(11-9-12)19-26(21,22)14-6-4-5-7-15(14)27(19,23)24/h4-11,21-24H,1-3H3,(H,18,20). The molecule has 0 aromatic heterocycles. The molecule has 10 heteroatoms. The summed E-state index contributed by atoms with van der Waals surface area (Å²) in [6, 6.07) is 12.0. The summed E-state index contributed by atoms with van der Waals surface area (Å²) < 4.78 is 48.5. The van der Waals surface area contributed by atoms with Gasteiger partial charge in [0.25, 0.3) is 0 Å². The van der Waals surface area contributed by atoms with Crippen LogP contribution in [0.3, 0.4) is 0 Å². The summed E-state index contributed by atoms with van der Waals surface area (Å²) in [6.07, 6.45) is -0.627. The number of benzene rings is 2. The molecule has 1 amide bonds. The highest BCUT2D eigenvalue weighted by Gasteiger charge is 2.47. The Bertz CT molecular complexity index is 829. The first kappa shape index (κ1) is 19.8. The fourth-order valence-electron chi connectivity index (χ4n) is 2.61. The second-order valence-corrected chi connectivity index (χ2v) is 10.8. The minimum atomic E-state index is -3.61. The lowest BCUT2D eigenvalue weighted by Gasteiger charge is -2.45. The van der Waals surface area contributed by atoms with Crippen LogP contribution in [-0.4, -0.2) is 29.9 Å². The predicted octanol–water partition coefficient (Wildman–Crippen LogP) is 5.60. The van der Waals surface area contributed by atoms with Crippen molar-refractivity contribution < 1.29 is 27.7 Å². The summed E-state index contributed by atoms with van der Waals surface area (Å²) in [5.74, 6) is 0. The van der Waals surface area contributed by atoms with E-state index in [2.05, 4.69) is 5.32 Å². The average molecular weight is 415 g/mol. The molecular formula is C17H22N2O6S2. The molecule has 27 heavy (non-hydrogen) atoms. The summed E-state index contributed by atoms with van der Waals surface area (Å²) >= 11 is 0. The first-order chi connectivity index (χ1) is 12.4. The van der Waals surface area contributed by atoms with E-state index in [1.165, 1.54) is 36.4 Å². The van der Waals surface area contributed by atoms with E-state index < -0.39 is 33.2 Å². The van der Waals surface area contributed by atoms with Gasteiger partial charge in [-0.1, -0.05) is 33.7 Å². The molecule has 0 spiro atoms. The monoisotopic (exact) mass is 414 g/mol. The third kappa shape index (κ3) is 3.72. The highest BCUT2D eigenvalue weighted by Crippen LogP contribution is 2.77. The molecule has 1 heterocycles. The number of anilines is 2. The van der Waals surface area contributed by atoms with E-state index in [1.54, 1.807) is 32.9 Å². The predicted molar refractivity (Wildman–Crippen MR) is 107 cm³/mol. The zero-order valence-corrected chi connectivity index (χ0v) is 16.6.